The van der Waals surface area contributed by atoms with Crippen molar-refractivity contribution in [3.8, 4) is 11.5 Å². The van der Waals surface area contributed by atoms with Gasteiger partial charge in [0.2, 0.25) is 0 Å². The average molecular weight is 405 g/mol. The molecule has 0 radical (unpaired) electrons. The van der Waals surface area contributed by atoms with Crippen LogP contribution in [0.3, 0.4) is 0 Å². The summed E-state index contributed by atoms with van der Waals surface area (Å²) >= 11 is 6.09. The minimum Gasteiger partial charge on any atom is -0.495 e. The molecule has 0 saturated heterocycles. The van der Waals surface area contributed by atoms with Gasteiger partial charge in [0.25, 0.3) is 5.91 Å². The summed E-state index contributed by atoms with van der Waals surface area (Å²) in [5.74, 6) is -0.461. The van der Waals surface area contributed by atoms with Crippen LogP contribution < -0.4 is 14.8 Å². The maximum Gasteiger partial charge on any atom is 0.339 e. The minimum absolute atomic E-state index is 0.244. The quantitative estimate of drug-likeness (QED) is 0.625. The smallest absolute Gasteiger partial charge is 0.339 e. The molecule has 9 heteroatoms. The van der Waals surface area contributed by atoms with Crippen molar-refractivity contribution in [1.82, 2.24) is 4.98 Å². The van der Waals surface area contributed by atoms with Gasteiger partial charge in [-0.05, 0) is 31.2 Å². The fraction of sp³-hybridized carbons (Fsp3) is 0.211. The van der Waals surface area contributed by atoms with E-state index in [-0.39, 0.29) is 5.56 Å². The van der Waals surface area contributed by atoms with E-state index in [2.05, 4.69) is 10.3 Å². The van der Waals surface area contributed by atoms with Crippen molar-refractivity contribution in [3.05, 3.63) is 47.3 Å². The number of nitrogens with zero attached hydrogens (tertiary/aromatic N) is 1. The summed E-state index contributed by atoms with van der Waals surface area (Å²) in [5, 5.41) is 2.92. The molecule has 1 aromatic heterocycles. The topological polar surface area (TPSA) is 99.9 Å². The number of hydrogen-bond donors (Lipinski definition) is 1. The van der Waals surface area contributed by atoms with Crippen molar-refractivity contribution in [2.24, 2.45) is 0 Å². The zero-order valence-electron chi connectivity index (χ0n) is 15.3. The number of halogens is 1. The number of esters is 1. The number of nitrogens with one attached hydrogen (secondary N) is 1. The van der Waals surface area contributed by atoms with Gasteiger partial charge in [-0.25, -0.2) is 9.78 Å². The number of hydrogen-bond acceptors (Lipinski definition) is 7. The monoisotopic (exact) mass is 404 g/mol. The van der Waals surface area contributed by atoms with Crippen LogP contribution in [0, 0.1) is 0 Å². The van der Waals surface area contributed by atoms with Gasteiger partial charge in [0.15, 0.2) is 18.1 Å². The van der Waals surface area contributed by atoms with Crippen molar-refractivity contribution in [3.63, 3.8) is 0 Å². The second-order valence-corrected chi connectivity index (χ2v) is 6.17. The second-order valence-electron chi connectivity index (χ2n) is 5.76. The number of carbonyl (C=O) groups excluding carboxylic acids is 2. The molecule has 0 bridgehead atoms. The number of anilines is 1. The lowest BCUT2D eigenvalue weighted by Crippen LogP contribution is -2.30. The minimum atomic E-state index is -1.07. The third-order valence-corrected chi connectivity index (χ3v) is 4.25. The highest BCUT2D eigenvalue weighted by atomic mass is 35.5. The summed E-state index contributed by atoms with van der Waals surface area (Å²) in [7, 11) is 2.91. The van der Waals surface area contributed by atoms with Crippen LogP contribution in [0.2, 0.25) is 5.02 Å². The molecule has 2 aromatic carbocycles. The van der Waals surface area contributed by atoms with Gasteiger partial charge in [-0.15, -0.1) is 0 Å². The van der Waals surface area contributed by atoms with E-state index in [1.54, 1.807) is 18.2 Å². The maximum absolute atomic E-state index is 12.4. The Morgan fingerprint density at radius 3 is 2.61 bits per heavy atom. The van der Waals surface area contributed by atoms with Gasteiger partial charge in [0.1, 0.15) is 17.0 Å². The molecule has 3 rings (SSSR count). The van der Waals surface area contributed by atoms with Gasteiger partial charge in [-0.1, -0.05) is 11.6 Å². The molecule has 0 fully saturated rings. The Hall–Kier alpha value is -3.26. The summed E-state index contributed by atoms with van der Waals surface area (Å²) < 4.78 is 20.7. The Bertz CT molecular complexity index is 1030. The SMILES string of the molecule is COc1cc(OC)c(NC(=O)C(C)OC(=O)c2ccc3ncoc3c2)cc1Cl. The molecule has 1 N–H and O–H groups in total. The summed E-state index contributed by atoms with van der Waals surface area (Å²) in [4.78, 5) is 28.7. The molecule has 0 saturated carbocycles. The number of benzene rings is 2. The molecule has 0 aliphatic heterocycles. The van der Waals surface area contributed by atoms with E-state index in [1.165, 1.54) is 39.7 Å². The highest BCUT2D eigenvalue weighted by Gasteiger charge is 2.21. The first-order chi connectivity index (χ1) is 13.4. The van der Waals surface area contributed by atoms with Crippen LogP contribution >= 0.6 is 11.6 Å². The van der Waals surface area contributed by atoms with Crippen LogP contribution in [0.25, 0.3) is 11.1 Å². The lowest BCUT2D eigenvalue weighted by molar-refractivity contribution is -0.123. The molecular formula is C19H17ClN2O6. The first-order valence-electron chi connectivity index (χ1n) is 8.19. The third kappa shape index (κ3) is 4.01. The summed E-state index contributed by atoms with van der Waals surface area (Å²) in [6.07, 6.45) is 0.215. The number of ether oxygens (including phenoxy) is 3. The fourth-order valence-corrected chi connectivity index (χ4v) is 2.70. The van der Waals surface area contributed by atoms with Crippen molar-refractivity contribution in [2.75, 3.05) is 19.5 Å². The van der Waals surface area contributed by atoms with Gasteiger partial charge in [0, 0.05) is 6.07 Å². The molecule has 3 aromatic rings. The van der Waals surface area contributed by atoms with Crippen LogP contribution in [0.4, 0.5) is 5.69 Å². The van der Waals surface area contributed by atoms with E-state index in [0.717, 1.165) is 0 Å². The molecular weight excluding hydrogens is 388 g/mol. The molecule has 8 nitrogen and oxygen atoms in total. The van der Waals surface area contributed by atoms with Crippen LogP contribution in [0.15, 0.2) is 41.1 Å². The number of methoxy groups -OCH3 is 2. The van der Waals surface area contributed by atoms with E-state index in [1.807, 2.05) is 0 Å². The summed E-state index contributed by atoms with van der Waals surface area (Å²) in [6.45, 7) is 1.46. The van der Waals surface area contributed by atoms with Gasteiger partial charge in [-0.2, -0.15) is 0 Å². The van der Waals surface area contributed by atoms with Crippen LogP contribution in [-0.4, -0.2) is 37.2 Å². The normalized spacial score (nSPS) is 11.7. The van der Waals surface area contributed by atoms with Crippen LogP contribution in [-0.2, 0) is 9.53 Å². The van der Waals surface area contributed by atoms with Gasteiger partial charge >= 0.3 is 5.97 Å². The van der Waals surface area contributed by atoms with Gasteiger partial charge in [0.05, 0.1) is 30.5 Å². The molecule has 0 spiro atoms. The van der Waals surface area contributed by atoms with Crippen LogP contribution in [0.1, 0.15) is 17.3 Å². The van der Waals surface area contributed by atoms with E-state index >= 15 is 0 Å². The van der Waals surface area contributed by atoms with E-state index in [0.29, 0.717) is 33.3 Å². The Morgan fingerprint density at radius 2 is 1.89 bits per heavy atom. The standard InChI is InChI=1S/C19H17ClN2O6/c1-10(28-19(24)11-4-5-13-17(6-11)27-9-21-13)18(23)22-14-7-12(20)15(25-2)8-16(14)26-3/h4-10H,1-3H3,(H,22,23). The highest BCUT2D eigenvalue weighted by Crippen LogP contribution is 2.36. The predicted molar refractivity (Wildman–Crippen MR) is 102 cm³/mol. The first kappa shape index (κ1) is 19.5. The Labute approximate surface area is 165 Å². The Morgan fingerprint density at radius 1 is 1.14 bits per heavy atom. The lowest BCUT2D eigenvalue weighted by Gasteiger charge is -2.16. The lowest BCUT2D eigenvalue weighted by atomic mass is 10.2. The zero-order chi connectivity index (χ0) is 20.3. The summed E-state index contributed by atoms with van der Waals surface area (Å²) in [5.41, 5.74) is 1.63. The Kier molecular flexibility index (Phi) is 5.70. The number of aromatic nitrogens is 1. The molecule has 146 valence electrons. The number of oxazole rings is 1. The Balaban J connectivity index is 1.70. The van der Waals surface area contributed by atoms with Gasteiger partial charge in [-0.3, -0.25) is 4.79 Å². The van der Waals surface area contributed by atoms with Crippen molar-refractivity contribution < 1.29 is 28.2 Å². The van der Waals surface area contributed by atoms with Crippen molar-refractivity contribution in [2.45, 2.75) is 13.0 Å². The maximum atomic E-state index is 12.4. The van der Waals surface area contributed by atoms with E-state index < -0.39 is 18.0 Å². The highest BCUT2D eigenvalue weighted by molar-refractivity contribution is 6.32. The predicted octanol–water partition coefficient (Wildman–Crippen LogP) is 3.68. The molecule has 1 unspecified atom stereocenters. The number of carbonyl (C=O) groups is 2. The molecule has 1 heterocycles. The first-order valence-corrected chi connectivity index (χ1v) is 8.57. The second kappa shape index (κ2) is 8.18. The fourth-order valence-electron chi connectivity index (χ4n) is 2.46. The summed E-state index contributed by atoms with van der Waals surface area (Å²) in [6, 6.07) is 7.71. The van der Waals surface area contributed by atoms with Gasteiger partial charge < -0.3 is 23.9 Å². The molecule has 0 aliphatic carbocycles. The van der Waals surface area contributed by atoms with E-state index in [9.17, 15) is 9.59 Å². The average Bonchev–Trinajstić information content (AvgIpc) is 3.15. The number of rotatable bonds is 6. The molecule has 1 amide bonds. The largest absolute Gasteiger partial charge is 0.495 e. The van der Waals surface area contributed by atoms with Crippen LogP contribution in [0.5, 0.6) is 11.5 Å². The van der Waals surface area contributed by atoms with Crippen molar-refractivity contribution in [1.29, 1.82) is 0 Å². The molecule has 0 aliphatic rings. The molecule has 28 heavy (non-hydrogen) atoms. The number of amides is 1. The third-order valence-electron chi connectivity index (χ3n) is 3.95. The van der Waals surface area contributed by atoms with E-state index in [4.69, 9.17) is 30.2 Å². The van der Waals surface area contributed by atoms with Crippen molar-refractivity contribution >= 4 is 40.3 Å². The molecule has 1 atom stereocenters. The zero-order valence-corrected chi connectivity index (χ0v) is 16.1. The number of fused-ring (bicyclic) bond motifs is 1.